The molecule has 2 heterocycles. The van der Waals surface area contributed by atoms with Gasteiger partial charge >= 0.3 is 7.60 Å². The molecular formula is C15H30NO3P. The zero-order valence-electron chi connectivity index (χ0n) is 13.1. The van der Waals surface area contributed by atoms with Crippen LogP contribution in [0.3, 0.4) is 0 Å². The van der Waals surface area contributed by atoms with Crippen LogP contribution in [0.15, 0.2) is 0 Å². The van der Waals surface area contributed by atoms with Crippen LogP contribution in [0.1, 0.15) is 51.9 Å². The van der Waals surface area contributed by atoms with E-state index in [1.165, 1.54) is 45.2 Å². The molecule has 3 atom stereocenters. The summed E-state index contributed by atoms with van der Waals surface area (Å²) in [5.41, 5.74) is 0. The maximum absolute atomic E-state index is 12.2. The Morgan fingerprint density at radius 1 is 1.15 bits per heavy atom. The highest BCUT2D eigenvalue weighted by molar-refractivity contribution is 7.52. The summed E-state index contributed by atoms with van der Waals surface area (Å²) in [4.78, 5) is 2.61. The van der Waals surface area contributed by atoms with Crippen LogP contribution in [0.25, 0.3) is 0 Å². The Balaban J connectivity index is 1.78. The second-order valence-electron chi connectivity index (χ2n) is 6.26. The molecular weight excluding hydrogens is 273 g/mol. The standard InChI is InChI=1S/C15H30NO3P/c1-3-4-12-18-20(2,17)19-13-14-8-7-11-16-10-6-5-9-15(14)16/h14-15H,3-13H2,1-2H3/t14-,15-,20+/m1/s1. The predicted octanol–water partition coefficient (Wildman–Crippen LogP) is 3.91. The van der Waals surface area contributed by atoms with Crippen molar-refractivity contribution in [2.24, 2.45) is 5.92 Å². The molecule has 0 saturated carbocycles. The first kappa shape index (κ1) is 16.5. The molecule has 4 nitrogen and oxygen atoms in total. The van der Waals surface area contributed by atoms with Crippen LogP contribution in [0.4, 0.5) is 0 Å². The summed E-state index contributed by atoms with van der Waals surface area (Å²) >= 11 is 0. The van der Waals surface area contributed by atoms with Gasteiger partial charge in [0.25, 0.3) is 0 Å². The molecule has 0 aromatic rings. The Morgan fingerprint density at radius 2 is 1.95 bits per heavy atom. The lowest BCUT2D eigenvalue weighted by molar-refractivity contribution is 0.0329. The fourth-order valence-corrected chi connectivity index (χ4v) is 4.41. The van der Waals surface area contributed by atoms with Crippen LogP contribution < -0.4 is 0 Å². The van der Waals surface area contributed by atoms with E-state index in [0.29, 0.717) is 25.2 Å². The van der Waals surface area contributed by atoms with Gasteiger partial charge in [-0.05, 0) is 51.1 Å². The lowest BCUT2D eigenvalue weighted by Crippen LogP contribution is -2.49. The normalized spacial score (nSPS) is 30.7. The first-order valence-corrected chi connectivity index (χ1v) is 10.2. The summed E-state index contributed by atoms with van der Waals surface area (Å²) in [6, 6.07) is 0.646. The molecule has 0 unspecified atom stereocenters. The Morgan fingerprint density at radius 3 is 2.75 bits per heavy atom. The molecule has 2 aliphatic rings. The number of hydrogen-bond acceptors (Lipinski definition) is 4. The minimum absolute atomic E-state index is 0.534. The number of hydrogen-bond donors (Lipinski definition) is 0. The second-order valence-corrected chi connectivity index (χ2v) is 8.31. The van der Waals surface area contributed by atoms with Gasteiger partial charge in [0, 0.05) is 12.7 Å². The van der Waals surface area contributed by atoms with E-state index in [1.54, 1.807) is 6.66 Å². The molecule has 0 amide bonds. The maximum atomic E-state index is 12.2. The fourth-order valence-electron chi connectivity index (χ4n) is 3.41. The van der Waals surface area contributed by atoms with Crippen molar-refractivity contribution in [1.29, 1.82) is 0 Å². The molecule has 118 valence electrons. The molecule has 20 heavy (non-hydrogen) atoms. The highest BCUT2D eigenvalue weighted by atomic mass is 31.2. The maximum Gasteiger partial charge on any atom is 0.327 e. The van der Waals surface area contributed by atoms with E-state index < -0.39 is 7.60 Å². The van der Waals surface area contributed by atoms with Gasteiger partial charge in [-0.1, -0.05) is 19.8 Å². The largest absolute Gasteiger partial charge is 0.327 e. The molecule has 2 aliphatic heterocycles. The van der Waals surface area contributed by atoms with E-state index >= 15 is 0 Å². The van der Waals surface area contributed by atoms with E-state index in [0.717, 1.165) is 12.8 Å². The fraction of sp³-hybridized carbons (Fsp3) is 1.00. The van der Waals surface area contributed by atoms with Gasteiger partial charge < -0.3 is 13.9 Å². The summed E-state index contributed by atoms with van der Waals surface area (Å²) in [6.07, 6.45) is 8.38. The molecule has 0 spiro atoms. The van der Waals surface area contributed by atoms with Gasteiger partial charge in [-0.3, -0.25) is 4.57 Å². The van der Waals surface area contributed by atoms with Crippen molar-refractivity contribution in [1.82, 2.24) is 4.90 Å². The molecule has 5 heteroatoms. The second kappa shape index (κ2) is 7.93. The third-order valence-corrected chi connectivity index (χ3v) is 5.85. The number of fused-ring (bicyclic) bond motifs is 1. The lowest BCUT2D eigenvalue weighted by atomic mass is 9.84. The monoisotopic (exact) mass is 303 g/mol. The lowest BCUT2D eigenvalue weighted by Gasteiger charge is -2.44. The van der Waals surface area contributed by atoms with E-state index in [2.05, 4.69) is 11.8 Å². The summed E-state index contributed by atoms with van der Waals surface area (Å²) < 4.78 is 23.3. The van der Waals surface area contributed by atoms with E-state index in [9.17, 15) is 4.57 Å². The smallest absolute Gasteiger partial charge is 0.309 e. The number of unbranched alkanes of at least 4 members (excludes halogenated alkanes) is 1. The van der Waals surface area contributed by atoms with Gasteiger partial charge in [0.05, 0.1) is 13.2 Å². The minimum Gasteiger partial charge on any atom is -0.309 e. The molecule has 0 bridgehead atoms. The molecule has 2 saturated heterocycles. The van der Waals surface area contributed by atoms with E-state index in [4.69, 9.17) is 9.05 Å². The number of piperidine rings is 2. The molecule has 2 fully saturated rings. The quantitative estimate of drug-likeness (QED) is 0.528. The molecule has 2 rings (SSSR count). The van der Waals surface area contributed by atoms with Gasteiger partial charge in [-0.2, -0.15) is 0 Å². The van der Waals surface area contributed by atoms with Gasteiger partial charge in [0.15, 0.2) is 0 Å². The molecule has 0 aromatic carbocycles. The van der Waals surface area contributed by atoms with Crippen LogP contribution in [-0.2, 0) is 13.6 Å². The highest BCUT2D eigenvalue weighted by Crippen LogP contribution is 2.45. The highest BCUT2D eigenvalue weighted by Gasteiger charge is 2.34. The van der Waals surface area contributed by atoms with Gasteiger partial charge in [-0.15, -0.1) is 0 Å². The Labute approximate surface area is 123 Å². The Hall–Kier alpha value is 0.110. The average Bonchev–Trinajstić information content (AvgIpc) is 2.45. The van der Waals surface area contributed by atoms with Crippen molar-refractivity contribution in [2.45, 2.75) is 57.9 Å². The van der Waals surface area contributed by atoms with Crippen molar-refractivity contribution in [3.8, 4) is 0 Å². The van der Waals surface area contributed by atoms with Gasteiger partial charge in [0.2, 0.25) is 0 Å². The molecule has 0 N–H and O–H groups in total. The average molecular weight is 303 g/mol. The number of rotatable bonds is 7. The summed E-state index contributed by atoms with van der Waals surface area (Å²) in [5.74, 6) is 0.534. The first-order valence-electron chi connectivity index (χ1n) is 8.23. The van der Waals surface area contributed by atoms with Crippen LogP contribution in [0, 0.1) is 5.92 Å². The van der Waals surface area contributed by atoms with Crippen LogP contribution in [-0.4, -0.2) is 43.9 Å². The zero-order valence-corrected chi connectivity index (χ0v) is 13.9. The van der Waals surface area contributed by atoms with Crippen LogP contribution >= 0.6 is 7.60 Å². The Bertz CT molecular complexity index is 335. The van der Waals surface area contributed by atoms with E-state index in [-0.39, 0.29) is 0 Å². The third-order valence-electron chi connectivity index (χ3n) is 4.58. The Kier molecular flexibility index (Phi) is 6.54. The topological polar surface area (TPSA) is 38.8 Å². The number of nitrogens with zero attached hydrogens (tertiary/aromatic N) is 1. The van der Waals surface area contributed by atoms with E-state index in [1.807, 2.05) is 0 Å². The van der Waals surface area contributed by atoms with Crippen molar-refractivity contribution in [3.63, 3.8) is 0 Å². The van der Waals surface area contributed by atoms with Crippen LogP contribution in [0.2, 0.25) is 0 Å². The summed E-state index contributed by atoms with van der Waals surface area (Å²) in [5, 5.41) is 0. The summed E-state index contributed by atoms with van der Waals surface area (Å²) in [7, 11) is -2.85. The van der Waals surface area contributed by atoms with Crippen molar-refractivity contribution in [2.75, 3.05) is 33.0 Å². The van der Waals surface area contributed by atoms with Gasteiger partial charge in [0.1, 0.15) is 0 Å². The third kappa shape index (κ3) is 4.84. The van der Waals surface area contributed by atoms with Crippen LogP contribution in [0.5, 0.6) is 0 Å². The molecule has 0 aromatic heterocycles. The predicted molar refractivity (Wildman–Crippen MR) is 82.3 cm³/mol. The van der Waals surface area contributed by atoms with Gasteiger partial charge in [-0.25, -0.2) is 0 Å². The van der Waals surface area contributed by atoms with Crippen molar-refractivity contribution >= 4 is 7.60 Å². The minimum atomic E-state index is -2.85. The van der Waals surface area contributed by atoms with Crippen molar-refractivity contribution in [3.05, 3.63) is 0 Å². The molecule has 0 aliphatic carbocycles. The zero-order chi connectivity index (χ0) is 14.4. The van der Waals surface area contributed by atoms with Crippen molar-refractivity contribution < 1.29 is 13.6 Å². The molecule has 0 radical (unpaired) electrons. The first-order chi connectivity index (χ1) is 9.62. The summed E-state index contributed by atoms with van der Waals surface area (Å²) in [6.45, 7) is 7.33. The SMILES string of the molecule is CCCCO[P@](C)(=O)OC[C@H]1CCCN2CCCC[C@H]12.